The molecule has 1 saturated heterocycles. The molecule has 178 valence electrons. The lowest BCUT2D eigenvalue weighted by molar-refractivity contribution is -0.127. The highest BCUT2D eigenvalue weighted by molar-refractivity contribution is 6.33. The molecule has 0 atom stereocenters. The molecule has 0 bridgehead atoms. The van der Waals surface area contributed by atoms with Crippen molar-refractivity contribution in [1.82, 2.24) is 10.2 Å². The summed E-state index contributed by atoms with van der Waals surface area (Å²) in [5.41, 5.74) is 0.821. The zero-order valence-corrected chi connectivity index (χ0v) is 19.0. The highest BCUT2D eigenvalue weighted by Gasteiger charge is 2.35. The van der Waals surface area contributed by atoms with Crippen LogP contribution in [0.15, 0.2) is 64.7 Å². The Morgan fingerprint density at radius 3 is 2.66 bits per heavy atom. The third-order valence-electron chi connectivity index (χ3n) is 5.04. The number of rotatable bonds is 7. The van der Waals surface area contributed by atoms with Crippen molar-refractivity contribution in [2.24, 2.45) is 0 Å². The smallest absolute Gasteiger partial charge is 0.337 e. The molecule has 3 aromatic rings. The van der Waals surface area contributed by atoms with E-state index in [-0.39, 0.29) is 22.0 Å². The van der Waals surface area contributed by atoms with Crippen LogP contribution in [0.3, 0.4) is 0 Å². The molecule has 0 spiro atoms. The van der Waals surface area contributed by atoms with E-state index < -0.39 is 30.4 Å². The number of methoxy groups -OCH3 is 1. The fourth-order valence-electron chi connectivity index (χ4n) is 3.37. The minimum atomic E-state index is -1.15. The average molecular weight is 496 g/mol. The van der Waals surface area contributed by atoms with Gasteiger partial charge in [-0.1, -0.05) is 29.8 Å². The van der Waals surface area contributed by atoms with Gasteiger partial charge in [0, 0.05) is 11.6 Å². The van der Waals surface area contributed by atoms with Crippen molar-refractivity contribution in [2.45, 2.75) is 0 Å². The van der Waals surface area contributed by atoms with Gasteiger partial charge in [0.05, 0.1) is 23.4 Å². The summed E-state index contributed by atoms with van der Waals surface area (Å²) < 4.78 is 10.9. The molecule has 1 fully saturated rings. The van der Waals surface area contributed by atoms with Crippen molar-refractivity contribution in [2.75, 3.05) is 19.0 Å². The number of amides is 4. The van der Waals surface area contributed by atoms with E-state index in [1.165, 1.54) is 31.4 Å². The van der Waals surface area contributed by atoms with E-state index >= 15 is 0 Å². The fraction of sp³-hybridized carbons (Fsp3) is 0.0833. The van der Waals surface area contributed by atoms with Crippen LogP contribution in [0.25, 0.3) is 17.4 Å². The highest BCUT2D eigenvalue weighted by Crippen LogP contribution is 2.28. The van der Waals surface area contributed by atoms with Gasteiger partial charge in [-0.15, -0.1) is 0 Å². The Balaban J connectivity index is 1.46. The third-order valence-corrected chi connectivity index (χ3v) is 5.36. The van der Waals surface area contributed by atoms with Crippen LogP contribution in [-0.4, -0.2) is 47.5 Å². The molecule has 1 aromatic heterocycles. The van der Waals surface area contributed by atoms with Crippen LogP contribution in [0.1, 0.15) is 16.1 Å². The van der Waals surface area contributed by atoms with E-state index in [4.69, 9.17) is 25.9 Å². The van der Waals surface area contributed by atoms with Crippen LogP contribution in [0, 0.1) is 0 Å². The summed E-state index contributed by atoms with van der Waals surface area (Å²) in [4.78, 5) is 49.3. The first kappa shape index (κ1) is 23.6. The standard InChI is InChI=1S/C24H18ClN3O7/c1-34-20-5-3-2-4-17(20)26-21(29)12-28-22(30)18(27-24(28)33)11-14-7-9-19(35-14)13-6-8-15(23(31)32)16(25)10-13/h2-11H,12H2,1H3,(H,26,29)(H,27,33)(H,31,32)/b18-11+. The molecule has 2 heterocycles. The zero-order chi connectivity index (χ0) is 25.1. The van der Waals surface area contributed by atoms with Gasteiger partial charge in [0.15, 0.2) is 0 Å². The molecule has 1 aliphatic heterocycles. The molecule has 10 nitrogen and oxygen atoms in total. The second-order valence-corrected chi connectivity index (χ2v) is 7.74. The molecule has 0 radical (unpaired) electrons. The lowest BCUT2D eigenvalue weighted by Crippen LogP contribution is -2.38. The first-order valence-electron chi connectivity index (χ1n) is 10.2. The number of nitrogens with zero attached hydrogens (tertiary/aromatic N) is 1. The van der Waals surface area contributed by atoms with Gasteiger partial charge in [-0.25, -0.2) is 14.5 Å². The van der Waals surface area contributed by atoms with Crippen molar-refractivity contribution >= 4 is 47.2 Å². The molecule has 35 heavy (non-hydrogen) atoms. The molecular weight excluding hydrogens is 478 g/mol. The van der Waals surface area contributed by atoms with Crippen LogP contribution in [0.4, 0.5) is 10.5 Å². The summed E-state index contributed by atoms with van der Waals surface area (Å²) in [5.74, 6) is -1.37. The van der Waals surface area contributed by atoms with Gasteiger partial charge in [-0.3, -0.25) is 9.59 Å². The molecule has 3 N–H and O–H groups in total. The van der Waals surface area contributed by atoms with Crippen LogP contribution in [-0.2, 0) is 9.59 Å². The highest BCUT2D eigenvalue weighted by atomic mass is 35.5. The Morgan fingerprint density at radius 2 is 1.94 bits per heavy atom. The van der Waals surface area contributed by atoms with E-state index in [0.29, 0.717) is 22.8 Å². The van der Waals surface area contributed by atoms with Gasteiger partial charge in [-0.05, 0) is 36.4 Å². The zero-order valence-electron chi connectivity index (χ0n) is 18.2. The van der Waals surface area contributed by atoms with Crippen LogP contribution < -0.4 is 15.4 Å². The van der Waals surface area contributed by atoms with E-state index in [1.807, 2.05) is 0 Å². The number of carboxylic acid groups (broad SMARTS) is 1. The van der Waals surface area contributed by atoms with Crippen molar-refractivity contribution in [3.05, 3.63) is 76.6 Å². The number of halogens is 1. The third kappa shape index (κ3) is 5.02. The van der Waals surface area contributed by atoms with E-state index in [1.54, 1.807) is 36.4 Å². The SMILES string of the molecule is COc1ccccc1NC(=O)CN1C(=O)N/C(=C/c2ccc(-c3ccc(C(=O)O)c(Cl)c3)o2)C1=O. The Hall–Kier alpha value is -4.57. The Bertz CT molecular complexity index is 1380. The Labute approximate surface area is 203 Å². The Morgan fingerprint density at radius 1 is 1.17 bits per heavy atom. The van der Waals surface area contributed by atoms with E-state index in [9.17, 15) is 19.2 Å². The maximum Gasteiger partial charge on any atom is 0.337 e. The largest absolute Gasteiger partial charge is 0.495 e. The number of carboxylic acids is 1. The van der Waals surface area contributed by atoms with Crippen molar-refractivity contribution in [3.63, 3.8) is 0 Å². The predicted molar refractivity (Wildman–Crippen MR) is 126 cm³/mol. The predicted octanol–water partition coefficient (Wildman–Crippen LogP) is 3.84. The lowest BCUT2D eigenvalue weighted by atomic mass is 10.1. The number of hydrogen-bond donors (Lipinski definition) is 3. The lowest BCUT2D eigenvalue weighted by Gasteiger charge is -2.13. The average Bonchev–Trinajstić information content (AvgIpc) is 3.39. The number of ether oxygens (including phenoxy) is 1. The topological polar surface area (TPSA) is 138 Å². The van der Waals surface area contributed by atoms with Gasteiger partial charge in [0.1, 0.15) is 29.5 Å². The van der Waals surface area contributed by atoms with E-state index in [0.717, 1.165) is 4.90 Å². The number of para-hydroxylation sites is 2. The number of hydrogen-bond acceptors (Lipinski definition) is 6. The summed E-state index contributed by atoms with van der Waals surface area (Å²) in [6.07, 6.45) is 1.33. The number of nitrogens with one attached hydrogen (secondary N) is 2. The number of aromatic carboxylic acids is 1. The molecule has 11 heteroatoms. The maximum absolute atomic E-state index is 12.7. The van der Waals surface area contributed by atoms with Crippen LogP contribution in [0.2, 0.25) is 5.02 Å². The summed E-state index contributed by atoms with van der Waals surface area (Å²) >= 11 is 6.01. The number of imide groups is 1. The number of carbonyl (C=O) groups excluding carboxylic acids is 3. The monoisotopic (exact) mass is 495 g/mol. The maximum atomic E-state index is 12.7. The summed E-state index contributed by atoms with van der Waals surface area (Å²) in [7, 11) is 1.46. The van der Waals surface area contributed by atoms with Gasteiger partial charge in [-0.2, -0.15) is 0 Å². The summed E-state index contributed by atoms with van der Waals surface area (Å²) in [6, 6.07) is 13.5. The fourth-order valence-corrected chi connectivity index (χ4v) is 3.63. The Kier molecular flexibility index (Phi) is 6.56. The summed E-state index contributed by atoms with van der Waals surface area (Å²) in [5, 5.41) is 14.2. The van der Waals surface area contributed by atoms with Crippen molar-refractivity contribution in [1.29, 1.82) is 0 Å². The molecule has 0 unspecified atom stereocenters. The molecule has 0 aliphatic carbocycles. The van der Waals surface area contributed by atoms with Gasteiger partial charge < -0.3 is 24.9 Å². The van der Waals surface area contributed by atoms with Crippen LogP contribution in [0.5, 0.6) is 5.75 Å². The first-order chi connectivity index (χ1) is 16.8. The minimum absolute atomic E-state index is 0.0431. The quantitative estimate of drug-likeness (QED) is 0.334. The number of benzene rings is 2. The normalized spacial score (nSPS) is 14.2. The number of anilines is 1. The van der Waals surface area contributed by atoms with Crippen molar-refractivity contribution in [3.8, 4) is 17.1 Å². The van der Waals surface area contributed by atoms with Gasteiger partial charge in [0.2, 0.25) is 5.91 Å². The molecular formula is C24H18ClN3O7. The molecule has 0 saturated carbocycles. The number of furan rings is 1. The van der Waals surface area contributed by atoms with Crippen LogP contribution >= 0.6 is 11.6 Å². The molecule has 1 aliphatic rings. The second kappa shape index (κ2) is 9.74. The van der Waals surface area contributed by atoms with Gasteiger partial charge >= 0.3 is 12.0 Å². The first-order valence-corrected chi connectivity index (χ1v) is 10.5. The second-order valence-electron chi connectivity index (χ2n) is 7.33. The summed E-state index contributed by atoms with van der Waals surface area (Å²) in [6.45, 7) is -0.502. The number of urea groups is 1. The molecule has 4 rings (SSSR count). The van der Waals surface area contributed by atoms with E-state index in [2.05, 4.69) is 10.6 Å². The minimum Gasteiger partial charge on any atom is -0.495 e. The number of carbonyl (C=O) groups is 4. The molecule has 4 amide bonds. The van der Waals surface area contributed by atoms with Crippen molar-refractivity contribution < 1.29 is 33.4 Å². The van der Waals surface area contributed by atoms with Gasteiger partial charge in [0.25, 0.3) is 5.91 Å². The molecule has 2 aromatic carbocycles.